The van der Waals surface area contributed by atoms with Crippen LogP contribution in [0.1, 0.15) is 10.4 Å². The number of likely N-dealkylation sites (N-methyl/N-ethyl adjacent to an activating group) is 1. The van der Waals surface area contributed by atoms with Crippen molar-refractivity contribution in [2.24, 2.45) is 0 Å². The maximum Gasteiger partial charge on any atom is 0.267 e. The number of nitrogens with one attached hydrogen (secondary N) is 1. The van der Waals surface area contributed by atoms with Crippen molar-refractivity contribution in [3.8, 4) is 11.4 Å². The summed E-state index contributed by atoms with van der Waals surface area (Å²) in [7, 11) is 3.84. The summed E-state index contributed by atoms with van der Waals surface area (Å²) in [5.41, 5.74) is 2.07. The molecular formula is C18H20N3O2S2+. The minimum Gasteiger partial charge on any atom is -0.497 e. The molecule has 1 N–H and O–H groups in total. The molecule has 3 aromatic rings. The standard InChI is InChI=1S/C18H19N3O2S2/c1-20-9-8-13-14(10-20)25-16-15(13)17(22)21(18(19-16)24-3)11-4-6-12(23-2)7-5-11/h4-7H,8-10H2,1-3H3/p+1. The Balaban J connectivity index is 1.97. The molecule has 1 aliphatic rings. The summed E-state index contributed by atoms with van der Waals surface area (Å²) >= 11 is 3.18. The van der Waals surface area contributed by atoms with E-state index in [-0.39, 0.29) is 5.56 Å². The Labute approximate surface area is 154 Å². The lowest BCUT2D eigenvalue weighted by Crippen LogP contribution is -3.08. The van der Waals surface area contributed by atoms with Gasteiger partial charge in [0, 0.05) is 6.42 Å². The van der Waals surface area contributed by atoms with E-state index in [9.17, 15) is 4.79 Å². The van der Waals surface area contributed by atoms with Gasteiger partial charge in [-0.2, -0.15) is 0 Å². The van der Waals surface area contributed by atoms with Crippen molar-refractivity contribution >= 4 is 33.3 Å². The van der Waals surface area contributed by atoms with Gasteiger partial charge in [0.25, 0.3) is 5.56 Å². The molecule has 0 fully saturated rings. The maximum atomic E-state index is 13.4. The molecule has 0 amide bonds. The minimum atomic E-state index is 0.0385. The van der Waals surface area contributed by atoms with E-state index in [2.05, 4.69) is 7.05 Å². The fraction of sp³-hybridized carbons (Fsp3) is 0.333. The number of thioether (sulfide) groups is 1. The fourth-order valence-corrected chi connectivity index (χ4v) is 5.27. The third kappa shape index (κ3) is 2.76. The number of thiophene rings is 1. The van der Waals surface area contributed by atoms with Gasteiger partial charge in [0.1, 0.15) is 17.1 Å². The summed E-state index contributed by atoms with van der Waals surface area (Å²) in [6, 6.07) is 7.56. The van der Waals surface area contributed by atoms with Gasteiger partial charge in [0.05, 0.1) is 36.7 Å². The van der Waals surface area contributed by atoms with E-state index in [1.807, 2.05) is 30.5 Å². The lowest BCUT2D eigenvalue weighted by Gasteiger charge is -2.19. The summed E-state index contributed by atoms with van der Waals surface area (Å²) in [4.78, 5) is 21.8. The van der Waals surface area contributed by atoms with Crippen LogP contribution in [0.3, 0.4) is 0 Å². The fourth-order valence-electron chi connectivity index (χ4n) is 3.34. The Morgan fingerprint density at radius 2 is 2.08 bits per heavy atom. The lowest BCUT2D eigenvalue weighted by atomic mass is 10.1. The largest absolute Gasteiger partial charge is 0.497 e. The van der Waals surface area contributed by atoms with E-state index in [0.717, 1.165) is 46.3 Å². The van der Waals surface area contributed by atoms with E-state index in [1.54, 1.807) is 23.0 Å². The quantitative estimate of drug-likeness (QED) is 0.561. The molecule has 0 saturated heterocycles. The number of methoxy groups -OCH3 is 1. The molecule has 25 heavy (non-hydrogen) atoms. The Kier molecular flexibility index (Phi) is 4.31. The first-order valence-electron chi connectivity index (χ1n) is 8.19. The highest BCUT2D eigenvalue weighted by Crippen LogP contribution is 2.31. The van der Waals surface area contributed by atoms with Crippen molar-refractivity contribution in [2.75, 3.05) is 27.0 Å². The summed E-state index contributed by atoms with van der Waals surface area (Å²) < 4.78 is 6.95. The SMILES string of the molecule is COc1ccc(-n2c(SC)nc3sc4c(c3c2=O)CC[NH+](C)C4)cc1. The van der Waals surface area contributed by atoms with Crippen LogP contribution in [-0.2, 0) is 13.0 Å². The zero-order valence-electron chi connectivity index (χ0n) is 14.5. The van der Waals surface area contributed by atoms with Gasteiger partial charge < -0.3 is 9.64 Å². The number of benzene rings is 1. The van der Waals surface area contributed by atoms with Crippen molar-refractivity contribution in [1.82, 2.24) is 9.55 Å². The van der Waals surface area contributed by atoms with Gasteiger partial charge in [-0.3, -0.25) is 9.36 Å². The number of hydrogen-bond acceptors (Lipinski definition) is 5. The first kappa shape index (κ1) is 16.6. The van der Waals surface area contributed by atoms with Gasteiger partial charge in [0.15, 0.2) is 5.16 Å². The summed E-state index contributed by atoms with van der Waals surface area (Å²) in [6.07, 6.45) is 2.90. The molecule has 3 heterocycles. The van der Waals surface area contributed by atoms with Crippen LogP contribution in [0.15, 0.2) is 34.2 Å². The molecule has 1 atom stereocenters. The third-order valence-electron chi connectivity index (χ3n) is 4.65. The molecule has 0 radical (unpaired) electrons. The molecule has 7 heteroatoms. The average Bonchev–Trinajstić information content (AvgIpc) is 2.99. The molecule has 0 aliphatic carbocycles. The Morgan fingerprint density at radius 3 is 2.76 bits per heavy atom. The number of nitrogens with zero attached hydrogens (tertiary/aromatic N) is 2. The third-order valence-corrected chi connectivity index (χ3v) is 6.42. The zero-order chi connectivity index (χ0) is 17.6. The highest BCUT2D eigenvalue weighted by Gasteiger charge is 2.25. The molecule has 1 aliphatic heterocycles. The molecule has 130 valence electrons. The number of quaternary nitrogens is 1. The van der Waals surface area contributed by atoms with E-state index >= 15 is 0 Å². The number of hydrogen-bond donors (Lipinski definition) is 1. The topological polar surface area (TPSA) is 48.6 Å². The molecule has 0 bridgehead atoms. The summed E-state index contributed by atoms with van der Waals surface area (Å²) in [5.74, 6) is 0.774. The molecule has 2 aromatic heterocycles. The second-order valence-electron chi connectivity index (χ2n) is 6.25. The normalized spacial score (nSPS) is 16.8. The van der Waals surface area contributed by atoms with Crippen LogP contribution in [0.25, 0.3) is 15.9 Å². The molecule has 1 aromatic carbocycles. The van der Waals surface area contributed by atoms with E-state index < -0.39 is 0 Å². The van der Waals surface area contributed by atoms with Crippen molar-refractivity contribution < 1.29 is 9.64 Å². The van der Waals surface area contributed by atoms with Crippen molar-refractivity contribution in [3.63, 3.8) is 0 Å². The van der Waals surface area contributed by atoms with Crippen molar-refractivity contribution in [1.29, 1.82) is 0 Å². The molecule has 4 rings (SSSR count). The van der Waals surface area contributed by atoms with Crippen LogP contribution < -0.4 is 15.2 Å². The monoisotopic (exact) mass is 374 g/mol. The molecule has 0 spiro atoms. The van der Waals surface area contributed by atoms with Gasteiger partial charge in [-0.1, -0.05) is 11.8 Å². The number of rotatable bonds is 3. The van der Waals surface area contributed by atoms with E-state index in [4.69, 9.17) is 9.72 Å². The maximum absolute atomic E-state index is 13.4. The second-order valence-corrected chi connectivity index (χ2v) is 8.11. The van der Waals surface area contributed by atoms with Gasteiger partial charge in [-0.25, -0.2) is 4.98 Å². The van der Waals surface area contributed by atoms with Crippen molar-refractivity contribution in [2.45, 2.75) is 18.1 Å². The average molecular weight is 375 g/mol. The number of aromatic nitrogens is 2. The Hall–Kier alpha value is -1.83. The Morgan fingerprint density at radius 1 is 1.32 bits per heavy atom. The predicted molar refractivity (Wildman–Crippen MR) is 103 cm³/mol. The Bertz CT molecular complexity index is 992. The predicted octanol–water partition coefficient (Wildman–Crippen LogP) is 1.75. The van der Waals surface area contributed by atoms with E-state index in [0.29, 0.717) is 0 Å². The molecule has 0 saturated carbocycles. The van der Waals surface area contributed by atoms with Crippen LogP contribution in [0.2, 0.25) is 0 Å². The van der Waals surface area contributed by atoms with Crippen LogP contribution >= 0.6 is 23.1 Å². The summed E-state index contributed by atoms with van der Waals surface area (Å²) in [6.45, 7) is 2.04. The summed E-state index contributed by atoms with van der Waals surface area (Å²) in [5, 5.41) is 1.53. The molecular weight excluding hydrogens is 354 g/mol. The molecule has 5 nitrogen and oxygen atoms in total. The van der Waals surface area contributed by atoms with E-state index in [1.165, 1.54) is 27.1 Å². The smallest absolute Gasteiger partial charge is 0.267 e. The molecule has 1 unspecified atom stereocenters. The number of fused-ring (bicyclic) bond motifs is 3. The van der Waals surface area contributed by atoms with Crippen LogP contribution in [0.4, 0.5) is 0 Å². The lowest BCUT2D eigenvalue weighted by molar-refractivity contribution is -0.895. The first-order valence-corrected chi connectivity index (χ1v) is 10.2. The second kappa shape index (κ2) is 6.48. The highest BCUT2D eigenvalue weighted by molar-refractivity contribution is 7.98. The van der Waals surface area contributed by atoms with Crippen LogP contribution in [0.5, 0.6) is 5.75 Å². The van der Waals surface area contributed by atoms with Gasteiger partial charge in [-0.05, 0) is 36.1 Å². The van der Waals surface area contributed by atoms with Gasteiger partial charge in [-0.15, -0.1) is 11.3 Å². The van der Waals surface area contributed by atoms with Crippen molar-refractivity contribution in [3.05, 3.63) is 45.1 Å². The van der Waals surface area contributed by atoms with Gasteiger partial charge >= 0.3 is 0 Å². The first-order chi connectivity index (χ1) is 12.1. The van der Waals surface area contributed by atoms with Gasteiger partial charge in [0.2, 0.25) is 0 Å². The zero-order valence-corrected chi connectivity index (χ0v) is 16.1. The highest BCUT2D eigenvalue weighted by atomic mass is 32.2. The minimum absolute atomic E-state index is 0.0385. The van der Waals surface area contributed by atoms with Crippen LogP contribution in [0, 0.1) is 0 Å². The van der Waals surface area contributed by atoms with Crippen LogP contribution in [-0.4, -0.2) is 36.5 Å². The number of ether oxygens (including phenoxy) is 1.